The van der Waals surface area contributed by atoms with Gasteiger partial charge in [0.2, 0.25) is 5.91 Å². The molecule has 1 heterocycles. The number of nitrogens with zero attached hydrogens (tertiary/aromatic N) is 2. The van der Waals surface area contributed by atoms with Crippen LogP contribution in [-0.2, 0) is 4.79 Å². The van der Waals surface area contributed by atoms with Gasteiger partial charge in [0.15, 0.2) is 0 Å². The number of carbonyl (C=O) groups is 1. The summed E-state index contributed by atoms with van der Waals surface area (Å²) in [5.74, 6) is 0.297. The first-order valence-corrected chi connectivity index (χ1v) is 9.17. The lowest BCUT2D eigenvalue weighted by Gasteiger charge is -2.38. The molecule has 25 heavy (non-hydrogen) atoms. The van der Waals surface area contributed by atoms with Crippen LogP contribution < -0.4 is 10.2 Å². The van der Waals surface area contributed by atoms with Crippen LogP contribution in [0.5, 0.6) is 5.75 Å². The number of rotatable bonds is 4. The summed E-state index contributed by atoms with van der Waals surface area (Å²) in [6.45, 7) is 5.06. The normalized spacial score (nSPS) is 16.5. The average molecular weight is 404 g/mol. The van der Waals surface area contributed by atoms with Crippen molar-refractivity contribution in [2.24, 2.45) is 0 Å². The second kappa shape index (κ2) is 7.89. The van der Waals surface area contributed by atoms with Crippen molar-refractivity contribution in [2.75, 3.05) is 36.4 Å². The van der Waals surface area contributed by atoms with Crippen molar-refractivity contribution in [3.05, 3.63) is 53.0 Å². The number of phenols is 1. The Morgan fingerprint density at radius 3 is 2.52 bits per heavy atom. The van der Waals surface area contributed by atoms with E-state index in [9.17, 15) is 9.90 Å². The zero-order chi connectivity index (χ0) is 17.8. The van der Waals surface area contributed by atoms with Crippen LogP contribution in [0.15, 0.2) is 53.0 Å². The Morgan fingerprint density at radius 2 is 1.84 bits per heavy atom. The van der Waals surface area contributed by atoms with E-state index in [1.54, 1.807) is 6.07 Å². The van der Waals surface area contributed by atoms with Crippen molar-refractivity contribution in [3.63, 3.8) is 0 Å². The van der Waals surface area contributed by atoms with Crippen LogP contribution in [0.2, 0.25) is 0 Å². The SMILES string of the molecule is C[C@H](C(=O)Nc1cccc(Br)c1)N1CCN(c2ccccc2O)CC1. The number of nitrogens with one attached hydrogen (secondary N) is 1. The predicted octanol–water partition coefficient (Wildman–Crippen LogP) is 3.30. The van der Waals surface area contributed by atoms with Crippen molar-refractivity contribution < 1.29 is 9.90 Å². The molecule has 3 rings (SSSR count). The topological polar surface area (TPSA) is 55.8 Å². The van der Waals surface area contributed by atoms with Crippen molar-refractivity contribution in [1.82, 2.24) is 4.90 Å². The molecule has 1 fully saturated rings. The summed E-state index contributed by atoms with van der Waals surface area (Å²) in [6, 6.07) is 14.8. The molecular formula is C19H22BrN3O2. The summed E-state index contributed by atoms with van der Waals surface area (Å²) in [5.41, 5.74) is 1.65. The molecule has 6 heteroatoms. The number of piperazine rings is 1. The molecule has 132 valence electrons. The summed E-state index contributed by atoms with van der Waals surface area (Å²) in [4.78, 5) is 16.8. The summed E-state index contributed by atoms with van der Waals surface area (Å²) in [7, 11) is 0. The summed E-state index contributed by atoms with van der Waals surface area (Å²) < 4.78 is 0.939. The van der Waals surface area contributed by atoms with Crippen molar-refractivity contribution in [1.29, 1.82) is 0 Å². The fourth-order valence-corrected chi connectivity index (χ4v) is 3.46. The quantitative estimate of drug-likeness (QED) is 0.821. The fraction of sp³-hybridized carbons (Fsp3) is 0.316. The Balaban J connectivity index is 1.57. The third-order valence-electron chi connectivity index (χ3n) is 4.56. The van der Waals surface area contributed by atoms with Crippen LogP contribution in [0, 0.1) is 0 Å². The highest BCUT2D eigenvalue weighted by Gasteiger charge is 2.26. The van der Waals surface area contributed by atoms with E-state index in [-0.39, 0.29) is 11.9 Å². The average Bonchev–Trinajstić information content (AvgIpc) is 2.62. The molecule has 2 aromatic carbocycles. The highest BCUT2D eigenvalue weighted by molar-refractivity contribution is 9.10. The van der Waals surface area contributed by atoms with Gasteiger partial charge in [-0.25, -0.2) is 0 Å². The van der Waals surface area contributed by atoms with Gasteiger partial charge >= 0.3 is 0 Å². The molecule has 5 nitrogen and oxygen atoms in total. The molecule has 0 aromatic heterocycles. The molecule has 1 saturated heterocycles. The summed E-state index contributed by atoms with van der Waals surface area (Å²) in [5, 5.41) is 13.0. The Labute approximate surface area is 156 Å². The van der Waals surface area contributed by atoms with Crippen LogP contribution in [-0.4, -0.2) is 48.1 Å². The minimum atomic E-state index is -0.203. The third kappa shape index (κ3) is 4.32. The molecule has 0 spiro atoms. The smallest absolute Gasteiger partial charge is 0.241 e. The van der Waals surface area contributed by atoms with Crippen LogP contribution >= 0.6 is 15.9 Å². The van der Waals surface area contributed by atoms with Crippen molar-refractivity contribution >= 4 is 33.2 Å². The third-order valence-corrected chi connectivity index (χ3v) is 5.05. The van der Waals surface area contributed by atoms with Crippen molar-refractivity contribution in [3.8, 4) is 5.75 Å². The number of halogens is 1. The fourth-order valence-electron chi connectivity index (χ4n) is 3.06. The van der Waals surface area contributed by atoms with Gasteiger partial charge in [-0.3, -0.25) is 9.69 Å². The maximum absolute atomic E-state index is 12.5. The monoisotopic (exact) mass is 403 g/mol. The van der Waals surface area contributed by atoms with Gasteiger partial charge in [-0.1, -0.05) is 34.1 Å². The number of amides is 1. The number of anilines is 2. The van der Waals surface area contributed by atoms with Gasteiger partial charge < -0.3 is 15.3 Å². The zero-order valence-corrected chi connectivity index (χ0v) is 15.7. The first-order chi connectivity index (χ1) is 12.0. The lowest BCUT2D eigenvalue weighted by Crippen LogP contribution is -2.52. The first-order valence-electron chi connectivity index (χ1n) is 8.38. The van der Waals surface area contributed by atoms with Crippen LogP contribution in [0.4, 0.5) is 11.4 Å². The Kier molecular flexibility index (Phi) is 5.60. The second-order valence-corrected chi connectivity index (χ2v) is 7.10. The molecule has 1 aliphatic heterocycles. The molecule has 0 bridgehead atoms. The maximum atomic E-state index is 12.5. The zero-order valence-electron chi connectivity index (χ0n) is 14.2. The Bertz CT molecular complexity index is 745. The lowest BCUT2D eigenvalue weighted by molar-refractivity contribution is -0.120. The number of hydrogen-bond acceptors (Lipinski definition) is 4. The molecule has 0 saturated carbocycles. The first kappa shape index (κ1) is 17.8. The number of phenolic OH excluding ortho intramolecular Hbond substituents is 1. The van der Waals surface area contributed by atoms with E-state index < -0.39 is 0 Å². The lowest BCUT2D eigenvalue weighted by atomic mass is 10.2. The molecule has 1 amide bonds. The van der Waals surface area contributed by atoms with Crippen LogP contribution in [0.3, 0.4) is 0 Å². The summed E-state index contributed by atoms with van der Waals surface area (Å²) in [6.07, 6.45) is 0. The van der Waals surface area contributed by atoms with Gasteiger partial charge in [0.05, 0.1) is 11.7 Å². The van der Waals surface area contributed by atoms with E-state index >= 15 is 0 Å². The Morgan fingerprint density at radius 1 is 1.12 bits per heavy atom. The van der Waals surface area contributed by atoms with Gasteiger partial charge in [0, 0.05) is 36.3 Å². The minimum absolute atomic E-state index is 0.00546. The minimum Gasteiger partial charge on any atom is -0.506 e. The van der Waals surface area contributed by atoms with Gasteiger partial charge in [-0.05, 0) is 37.3 Å². The highest BCUT2D eigenvalue weighted by atomic mass is 79.9. The number of hydrogen-bond donors (Lipinski definition) is 2. The predicted molar refractivity (Wildman–Crippen MR) is 104 cm³/mol. The summed E-state index contributed by atoms with van der Waals surface area (Å²) >= 11 is 3.41. The maximum Gasteiger partial charge on any atom is 0.241 e. The molecule has 0 aliphatic carbocycles. The van der Waals surface area contributed by atoms with E-state index in [2.05, 4.69) is 31.0 Å². The molecular weight excluding hydrogens is 382 g/mol. The van der Waals surface area contributed by atoms with E-state index in [0.717, 1.165) is 42.0 Å². The largest absolute Gasteiger partial charge is 0.506 e. The Hall–Kier alpha value is -2.05. The second-order valence-electron chi connectivity index (χ2n) is 6.19. The van der Waals surface area contributed by atoms with Gasteiger partial charge in [0.25, 0.3) is 0 Å². The van der Waals surface area contributed by atoms with Gasteiger partial charge in [-0.15, -0.1) is 0 Å². The number of carbonyl (C=O) groups excluding carboxylic acids is 1. The molecule has 0 radical (unpaired) electrons. The van der Waals surface area contributed by atoms with Crippen LogP contribution in [0.25, 0.3) is 0 Å². The molecule has 0 unspecified atom stereocenters. The van der Waals surface area contributed by atoms with Gasteiger partial charge in [-0.2, -0.15) is 0 Å². The van der Waals surface area contributed by atoms with E-state index in [1.165, 1.54) is 0 Å². The number of benzene rings is 2. The molecule has 1 aliphatic rings. The van der Waals surface area contributed by atoms with E-state index in [4.69, 9.17) is 0 Å². The van der Waals surface area contributed by atoms with Crippen LogP contribution in [0.1, 0.15) is 6.92 Å². The standard InChI is InChI=1S/C19H22BrN3O2/c1-14(19(25)21-16-6-4-5-15(20)13-16)22-9-11-23(12-10-22)17-7-2-3-8-18(17)24/h2-8,13-14,24H,9-12H2,1H3,(H,21,25)/t14-/m1/s1. The highest BCUT2D eigenvalue weighted by Crippen LogP contribution is 2.27. The molecule has 2 N–H and O–H groups in total. The van der Waals surface area contributed by atoms with Crippen molar-refractivity contribution in [2.45, 2.75) is 13.0 Å². The van der Waals surface area contributed by atoms with E-state index in [0.29, 0.717) is 5.75 Å². The molecule has 1 atom stereocenters. The van der Waals surface area contributed by atoms with E-state index in [1.807, 2.05) is 49.4 Å². The number of aromatic hydroxyl groups is 1. The van der Waals surface area contributed by atoms with Gasteiger partial charge in [0.1, 0.15) is 5.75 Å². The molecule has 2 aromatic rings. The number of para-hydroxylation sites is 2.